The van der Waals surface area contributed by atoms with E-state index in [1.807, 2.05) is 92.7 Å². The van der Waals surface area contributed by atoms with E-state index in [0.717, 1.165) is 23.1 Å². The van der Waals surface area contributed by atoms with Crippen molar-refractivity contribution in [2.75, 3.05) is 0 Å². The molecule has 4 heteroatoms. The molecule has 0 bridgehead atoms. The molecule has 37 heavy (non-hydrogen) atoms. The van der Waals surface area contributed by atoms with Crippen LogP contribution in [0.1, 0.15) is 43.4 Å². The summed E-state index contributed by atoms with van der Waals surface area (Å²) in [5, 5.41) is 5.48. The lowest BCUT2D eigenvalue weighted by Gasteiger charge is -2.32. The highest BCUT2D eigenvalue weighted by atomic mass is 16.2. The van der Waals surface area contributed by atoms with Crippen molar-refractivity contribution in [1.29, 1.82) is 0 Å². The van der Waals surface area contributed by atoms with E-state index < -0.39 is 6.04 Å². The van der Waals surface area contributed by atoms with Gasteiger partial charge >= 0.3 is 0 Å². The summed E-state index contributed by atoms with van der Waals surface area (Å²) in [6.07, 6.45) is 2.26. The van der Waals surface area contributed by atoms with Gasteiger partial charge in [-0.3, -0.25) is 9.59 Å². The number of carbonyl (C=O) groups is 2. The van der Waals surface area contributed by atoms with Crippen LogP contribution >= 0.6 is 0 Å². The van der Waals surface area contributed by atoms with Crippen LogP contribution in [0.3, 0.4) is 0 Å². The van der Waals surface area contributed by atoms with Gasteiger partial charge in [0.1, 0.15) is 6.04 Å². The van der Waals surface area contributed by atoms with E-state index in [1.54, 1.807) is 4.90 Å². The summed E-state index contributed by atoms with van der Waals surface area (Å²) in [6.45, 7) is 4.44. The van der Waals surface area contributed by atoms with E-state index in [4.69, 9.17) is 0 Å². The number of hydrogen-bond donors (Lipinski definition) is 1. The fraction of sp³-hybridized carbons (Fsp3) is 0.273. The second-order valence-corrected chi connectivity index (χ2v) is 9.67. The quantitative estimate of drug-likeness (QED) is 0.266. The minimum Gasteiger partial charge on any atom is -0.352 e. The number of rotatable bonds is 11. The predicted octanol–water partition coefficient (Wildman–Crippen LogP) is 6.33. The molecule has 0 spiro atoms. The summed E-state index contributed by atoms with van der Waals surface area (Å²) in [4.78, 5) is 29.3. The highest BCUT2D eigenvalue weighted by Gasteiger charge is 2.30. The summed E-state index contributed by atoms with van der Waals surface area (Å²) in [5.74, 6) is -0.121. The summed E-state index contributed by atoms with van der Waals surface area (Å²) < 4.78 is 0. The molecule has 0 heterocycles. The van der Waals surface area contributed by atoms with Crippen molar-refractivity contribution in [3.05, 3.63) is 120 Å². The standard InChI is InChI=1S/C33H36N2O2/c1-3-25(2)34-33(37)31(23-26-13-6-4-7-14-26)35(24-27-15-8-5-9-16-27)32(36)22-21-29-19-12-18-28-17-10-11-20-30(28)29/h4-20,25,31H,3,21-24H2,1-2H3,(H,34,37)/t25-,31-/m0/s1. The van der Waals surface area contributed by atoms with Crippen molar-refractivity contribution in [2.45, 2.75) is 58.2 Å². The molecule has 0 aliphatic rings. The van der Waals surface area contributed by atoms with Crippen molar-refractivity contribution < 1.29 is 9.59 Å². The minimum absolute atomic E-state index is 0.0166. The van der Waals surface area contributed by atoms with Crippen LogP contribution in [0.15, 0.2) is 103 Å². The van der Waals surface area contributed by atoms with Gasteiger partial charge in [0.15, 0.2) is 0 Å². The third-order valence-corrected chi connectivity index (χ3v) is 6.96. The monoisotopic (exact) mass is 492 g/mol. The lowest BCUT2D eigenvalue weighted by molar-refractivity contribution is -0.141. The van der Waals surface area contributed by atoms with E-state index in [0.29, 0.717) is 25.8 Å². The maximum atomic E-state index is 13.9. The van der Waals surface area contributed by atoms with Gasteiger partial charge in [-0.1, -0.05) is 110 Å². The number of aryl methyl sites for hydroxylation is 1. The molecular formula is C33H36N2O2. The Morgan fingerprint density at radius 1 is 0.784 bits per heavy atom. The number of amides is 2. The zero-order valence-electron chi connectivity index (χ0n) is 21.8. The van der Waals surface area contributed by atoms with Crippen LogP contribution in [0.25, 0.3) is 10.8 Å². The highest BCUT2D eigenvalue weighted by Crippen LogP contribution is 2.22. The zero-order valence-corrected chi connectivity index (χ0v) is 21.8. The normalized spacial score (nSPS) is 12.6. The summed E-state index contributed by atoms with van der Waals surface area (Å²) >= 11 is 0. The van der Waals surface area contributed by atoms with Crippen LogP contribution in [0.5, 0.6) is 0 Å². The molecule has 0 aliphatic carbocycles. The number of nitrogens with one attached hydrogen (secondary N) is 1. The fourth-order valence-corrected chi connectivity index (χ4v) is 4.67. The first kappa shape index (κ1) is 26.2. The van der Waals surface area contributed by atoms with Crippen molar-refractivity contribution in [3.8, 4) is 0 Å². The molecule has 2 atom stereocenters. The van der Waals surface area contributed by atoms with Crippen LogP contribution in [-0.4, -0.2) is 28.8 Å². The van der Waals surface area contributed by atoms with Gasteiger partial charge in [0.25, 0.3) is 0 Å². The minimum atomic E-state index is -0.600. The van der Waals surface area contributed by atoms with Crippen molar-refractivity contribution in [2.24, 2.45) is 0 Å². The first-order valence-electron chi connectivity index (χ1n) is 13.2. The molecule has 4 rings (SSSR count). The number of carbonyl (C=O) groups excluding carboxylic acids is 2. The van der Waals surface area contributed by atoms with Crippen LogP contribution in [0, 0.1) is 0 Å². The maximum Gasteiger partial charge on any atom is 0.243 e. The first-order chi connectivity index (χ1) is 18.0. The van der Waals surface area contributed by atoms with E-state index >= 15 is 0 Å². The zero-order chi connectivity index (χ0) is 26.0. The van der Waals surface area contributed by atoms with Crippen LogP contribution in [-0.2, 0) is 29.0 Å². The first-order valence-corrected chi connectivity index (χ1v) is 13.2. The molecule has 4 aromatic rings. The third kappa shape index (κ3) is 7.07. The Hall–Kier alpha value is -3.92. The van der Waals surface area contributed by atoms with Gasteiger partial charge < -0.3 is 10.2 Å². The molecule has 0 aliphatic heterocycles. The Morgan fingerprint density at radius 3 is 2.11 bits per heavy atom. The molecule has 190 valence electrons. The summed E-state index contributed by atoms with van der Waals surface area (Å²) in [6, 6.07) is 33.8. The molecule has 0 aromatic heterocycles. The molecule has 4 aromatic carbocycles. The SMILES string of the molecule is CC[C@H](C)NC(=O)[C@H](Cc1ccccc1)N(Cc1ccccc1)C(=O)CCc1cccc2ccccc12. The van der Waals surface area contributed by atoms with Gasteiger partial charge in [0.05, 0.1) is 0 Å². The molecule has 0 saturated heterocycles. The van der Waals surface area contributed by atoms with E-state index in [9.17, 15) is 9.59 Å². The topological polar surface area (TPSA) is 49.4 Å². The Labute approximate surface area is 220 Å². The lowest BCUT2D eigenvalue weighted by Crippen LogP contribution is -2.52. The summed E-state index contributed by atoms with van der Waals surface area (Å²) in [7, 11) is 0. The molecule has 0 fully saturated rings. The van der Waals surface area contributed by atoms with Gasteiger partial charge in [-0.15, -0.1) is 0 Å². The van der Waals surface area contributed by atoms with E-state index in [-0.39, 0.29) is 17.9 Å². The smallest absolute Gasteiger partial charge is 0.243 e. The lowest BCUT2D eigenvalue weighted by atomic mass is 9.99. The molecule has 2 amide bonds. The number of hydrogen-bond acceptors (Lipinski definition) is 2. The van der Waals surface area contributed by atoms with Crippen LogP contribution in [0.4, 0.5) is 0 Å². The van der Waals surface area contributed by atoms with Gasteiger partial charge in [-0.2, -0.15) is 0 Å². The largest absolute Gasteiger partial charge is 0.352 e. The van der Waals surface area contributed by atoms with Crippen molar-refractivity contribution in [1.82, 2.24) is 10.2 Å². The van der Waals surface area contributed by atoms with Gasteiger partial charge in [-0.05, 0) is 47.2 Å². The third-order valence-electron chi connectivity index (χ3n) is 6.96. The Morgan fingerprint density at radius 2 is 1.41 bits per heavy atom. The number of benzene rings is 4. The van der Waals surface area contributed by atoms with Crippen molar-refractivity contribution >= 4 is 22.6 Å². The fourth-order valence-electron chi connectivity index (χ4n) is 4.67. The average molecular weight is 493 g/mol. The second kappa shape index (κ2) is 12.9. The van der Waals surface area contributed by atoms with Crippen molar-refractivity contribution in [3.63, 3.8) is 0 Å². The molecular weight excluding hydrogens is 456 g/mol. The number of fused-ring (bicyclic) bond motifs is 1. The maximum absolute atomic E-state index is 13.9. The summed E-state index contributed by atoms with van der Waals surface area (Å²) in [5.41, 5.74) is 3.19. The molecule has 0 unspecified atom stereocenters. The Kier molecular flexibility index (Phi) is 9.09. The number of nitrogens with zero attached hydrogens (tertiary/aromatic N) is 1. The molecule has 1 N–H and O–H groups in total. The predicted molar refractivity (Wildman–Crippen MR) is 151 cm³/mol. The van der Waals surface area contributed by atoms with E-state index in [2.05, 4.69) is 29.6 Å². The molecule has 0 radical (unpaired) electrons. The Bertz CT molecular complexity index is 1300. The van der Waals surface area contributed by atoms with Gasteiger partial charge in [-0.25, -0.2) is 0 Å². The molecule has 0 saturated carbocycles. The Balaban J connectivity index is 1.63. The second-order valence-electron chi connectivity index (χ2n) is 9.67. The average Bonchev–Trinajstić information content (AvgIpc) is 2.94. The molecule has 4 nitrogen and oxygen atoms in total. The van der Waals surface area contributed by atoms with E-state index in [1.165, 1.54) is 10.8 Å². The highest BCUT2D eigenvalue weighted by molar-refractivity contribution is 5.89. The van der Waals surface area contributed by atoms with Crippen LogP contribution in [0.2, 0.25) is 0 Å². The van der Waals surface area contributed by atoms with Gasteiger partial charge in [0.2, 0.25) is 11.8 Å². The van der Waals surface area contributed by atoms with Crippen LogP contribution < -0.4 is 5.32 Å². The van der Waals surface area contributed by atoms with Gasteiger partial charge in [0, 0.05) is 25.4 Å².